The molecule has 3 aromatic rings. The number of hydrogen-bond donors (Lipinski definition) is 1. The third-order valence-electron chi connectivity index (χ3n) is 5.14. The third-order valence-corrected chi connectivity index (χ3v) is 5.37. The largest absolute Gasteiger partial charge is 0.490 e. The molecule has 3 aromatic carbocycles. The number of nitro benzene ring substituents is 2. The Hall–Kier alpha value is -5.21. The summed E-state index contributed by atoms with van der Waals surface area (Å²) in [7, 11) is 0. The van der Waals surface area contributed by atoms with Crippen LogP contribution in [0.25, 0.3) is 6.08 Å². The minimum Gasteiger partial charge on any atom is -0.490 e. The van der Waals surface area contributed by atoms with Crippen LogP contribution in [0.2, 0.25) is 5.02 Å². The van der Waals surface area contributed by atoms with E-state index in [1.165, 1.54) is 18.2 Å². The molecule has 0 aliphatic rings. The van der Waals surface area contributed by atoms with Gasteiger partial charge in [-0.2, -0.15) is 5.26 Å². The number of nitrogens with zero attached hydrogens (tertiary/aromatic N) is 3. The Balaban J connectivity index is 2.06. The highest BCUT2D eigenvalue weighted by Gasteiger charge is 2.24. The van der Waals surface area contributed by atoms with Gasteiger partial charge >= 0.3 is 5.69 Å². The number of halogens is 1. The molecule has 0 saturated carbocycles. The lowest BCUT2D eigenvalue weighted by atomic mass is 10.0. The van der Waals surface area contributed by atoms with Crippen molar-refractivity contribution in [2.75, 3.05) is 11.9 Å². The summed E-state index contributed by atoms with van der Waals surface area (Å²) in [6, 6.07) is 14.5. The van der Waals surface area contributed by atoms with Gasteiger partial charge < -0.3 is 14.8 Å². The molecule has 39 heavy (non-hydrogen) atoms. The van der Waals surface area contributed by atoms with Crippen molar-refractivity contribution in [2.24, 2.45) is 0 Å². The fraction of sp³-hybridized carbons (Fsp3) is 0.111. The first-order valence-corrected chi connectivity index (χ1v) is 11.7. The molecule has 198 valence electrons. The van der Waals surface area contributed by atoms with Gasteiger partial charge in [0.2, 0.25) is 5.75 Å². The van der Waals surface area contributed by atoms with Crippen LogP contribution in [-0.4, -0.2) is 22.4 Å². The van der Waals surface area contributed by atoms with E-state index in [0.29, 0.717) is 21.8 Å². The molecule has 11 nitrogen and oxygen atoms in total. The number of anilines is 1. The lowest BCUT2D eigenvalue weighted by Crippen LogP contribution is -2.13. The van der Waals surface area contributed by atoms with Crippen LogP contribution in [0.1, 0.15) is 18.1 Å². The number of ether oxygens (including phenoxy) is 2. The highest BCUT2D eigenvalue weighted by molar-refractivity contribution is 6.31. The molecular weight excluding hydrogens is 528 g/mol. The van der Waals surface area contributed by atoms with Gasteiger partial charge in [0.15, 0.2) is 11.5 Å². The first-order valence-electron chi connectivity index (χ1n) is 11.4. The Labute approximate surface area is 227 Å². The first kappa shape index (κ1) is 28.4. The molecule has 0 bridgehead atoms. The highest BCUT2D eigenvalue weighted by Crippen LogP contribution is 2.41. The quantitative estimate of drug-likeness (QED) is 0.0919. The normalized spacial score (nSPS) is 10.7. The van der Waals surface area contributed by atoms with Gasteiger partial charge in [-0.25, -0.2) is 0 Å². The number of rotatable bonds is 11. The van der Waals surface area contributed by atoms with Crippen LogP contribution in [0, 0.1) is 31.6 Å². The smallest absolute Gasteiger partial charge is 0.318 e. The number of benzene rings is 3. The van der Waals surface area contributed by atoms with E-state index < -0.39 is 27.1 Å². The summed E-state index contributed by atoms with van der Waals surface area (Å²) in [5.41, 5.74) is 0.0164. The van der Waals surface area contributed by atoms with Crippen molar-refractivity contribution >= 4 is 40.6 Å². The zero-order valence-electron chi connectivity index (χ0n) is 20.5. The van der Waals surface area contributed by atoms with Crippen LogP contribution in [0.3, 0.4) is 0 Å². The van der Waals surface area contributed by atoms with E-state index in [4.69, 9.17) is 21.1 Å². The van der Waals surface area contributed by atoms with Gasteiger partial charge in [-0.05, 0) is 61.4 Å². The van der Waals surface area contributed by atoms with E-state index in [1.54, 1.807) is 37.3 Å². The average Bonchev–Trinajstić information content (AvgIpc) is 2.89. The van der Waals surface area contributed by atoms with E-state index in [-0.39, 0.29) is 35.8 Å². The molecule has 0 aliphatic carbocycles. The Morgan fingerprint density at radius 1 is 1.13 bits per heavy atom. The van der Waals surface area contributed by atoms with E-state index in [9.17, 15) is 30.3 Å². The van der Waals surface area contributed by atoms with Crippen molar-refractivity contribution in [3.8, 4) is 23.3 Å². The summed E-state index contributed by atoms with van der Waals surface area (Å²) >= 11 is 5.96. The number of carbonyl (C=O) groups is 1. The molecule has 1 amide bonds. The molecule has 0 unspecified atom stereocenters. The third kappa shape index (κ3) is 7.18. The van der Waals surface area contributed by atoms with Crippen molar-refractivity contribution in [3.63, 3.8) is 0 Å². The van der Waals surface area contributed by atoms with Crippen molar-refractivity contribution in [2.45, 2.75) is 13.3 Å². The molecule has 0 aromatic heterocycles. The molecule has 0 heterocycles. The zero-order valence-corrected chi connectivity index (χ0v) is 21.3. The number of amides is 1. The van der Waals surface area contributed by atoms with Crippen LogP contribution < -0.4 is 14.8 Å². The summed E-state index contributed by atoms with van der Waals surface area (Å²) in [6.45, 7) is 5.63. The molecule has 0 saturated heterocycles. The van der Waals surface area contributed by atoms with Gasteiger partial charge in [0, 0.05) is 22.3 Å². The van der Waals surface area contributed by atoms with Crippen molar-refractivity contribution in [1.82, 2.24) is 0 Å². The number of carbonyl (C=O) groups excluding carboxylic acids is 1. The van der Waals surface area contributed by atoms with Gasteiger partial charge in [0.25, 0.3) is 11.6 Å². The molecule has 0 atom stereocenters. The minimum absolute atomic E-state index is 0.118. The molecule has 1 N–H and O–H groups in total. The standard InChI is InChI=1S/C27H21ClN4O7/c1-3-6-18-11-17(12-19(16-29)27(33)30-21-8-5-7-20(28)14-21)13-25(38-4-2)26(18)39-24-10-9-22(31(34)35)15-23(24)32(36)37/h3,5,7-15H,1,4,6H2,2H3,(H,30,33)/b19-12+. The summed E-state index contributed by atoms with van der Waals surface area (Å²) in [6.07, 6.45) is 3.15. The highest BCUT2D eigenvalue weighted by atomic mass is 35.5. The average molecular weight is 549 g/mol. The second-order valence-corrected chi connectivity index (χ2v) is 8.27. The Morgan fingerprint density at radius 2 is 1.90 bits per heavy atom. The first-order chi connectivity index (χ1) is 18.7. The Morgan fingerprint density at radius 3 is 2.51 bits per heavy atom. The van der Waals surface area contributed by atoms with Crippen LogP contribution in [0.4, 0.5) is 17.1 Å². The summed E-state index contributed by atoms with van der Waals surface area (Å²) in [5.74, 6) is -0.611. The van der Waals surface area contributed by atoms with Gasteiger partial charge in [-0.15, -0.1) is 6.58 Å². The number of nitrogens with one attached hydrogen (secondary N) is 1. The second-order valence-electron chi connectivity index (χ2n) is 7.84. The molecule has 0 spiro atoms. The molecule has 0 radical (unpaired) electrons. The molecule has 12 heteroatoms. The number of allylic oxidation sites excluding steroid dienone is 1. The van der Waals surface area contributed by atoms with Gasteiger partial charge in [0.1, 0.15) is 11.6 Å². The fourth-order valence-electron chi connectivity index (χ4n) is 3.49. The van der Waals surface area contributed by atoms with Gasteiger partial charge in [0.05, 0.1) is 22.5 Å². The predicted octanol–water partition coefficient (Wildman–Crippen LogP) is 6.62. The number of nitriles is 1. The predicted molar refractivity (Wildman–Crippen MR) is 145 cm³/mol. The molecule has 0 fully saturated rings. The maximum absolute atomic E-state index is 12.7. The lowest BCUT2D eigenvalue weighted by molar-refractivity contribution is -0.394. The van der Waals surface area contributed by atoms with Gasteiger partial charge in [-0.3, -0.25) is 25.0 Å². The number of non-ortho nitro benzene ring substituents is 1. The zero-order chi connectivity index (χ0) is 28.5. The fourth-order valence-corrected chi connectivity index (χ4v) is 3.68. The van der Waals surface area contributed by atoms with Crippen LogP contribution in [-0.2, 0) is 11.2 Å². The SMILES string of the molecule is C=CCc1cc(/C=C(\C#N)C(=O)Nc2cccc(Cl)c2)cc(OCC)c1Oc1ccc([N+](=O)[O-])cc1[N+](=O)[O-]. The van der Waals surface area contributed by atoms with Crippen LogP contribution >= 0.6 is 11.6 Å². The Bertz CT molecular complexity index is 1530. The van der Waals surface area contributed by atoms with E-state index in [2.05, 4.69) is 11.9 Å². The van der Waals surface area contributed by atoms with Crippen molar-refractivity contribution in [3.05, 3.63) is 109 Å². The van der Waals surface area contributed by atoms with E-state index in [1.807, 2.05) is 6.07 Å². The Kier molecular flexibility index (Phi) is 9.34. The molecule has 0 aliphatic heterocycles. The maximum Gasteiger partial charge on any atom is 0.318 e. The van der Waals surface area contributed by atoms with Crippen LogP contribution in [0.15, 0.2) is 72.8 Å². The second kappa shape index (κ2) is 12.8. The molecule has 3 rings (SSSR count). The van der Waals surface area contributed by atoms with E-state index >= 15 is 0 Å². The topological polar surface area (TPSA) is 158 Å². The van der Waals surface area contributed by atoms with Crippen molar-refractivity contribution < 1.29 is 24.1 Å². The monoisotopic (exact) mass is 548 g/mol. The lowest BCUT2D eigenvalue weighted by Gasteiger charge is -2.16. The van der Waals surface area contributed by atoms with Crippen molar-refractivity contribution in [1.29, 1.82) is 5.26 Å². The van der Waals surface area contributed by atoms with Gasteiger partial charge in [-0.1, -0.05) is 23.7 Å². The van der Waals surface area contributed by atoms with Crippen LogP contribution in [0.5, 0.6) is 17.2 Å². The summed E-state index contributed by atoms with van der Waals surface area (Å²) in [4.78, 5) is 33.9. The summed E-state index contributed by atoms with van der Waals surface area (Å²) < 4.78 is 11.6. The van der Waals surface area contributed by atoms with E-state index in [0.717, 1.165) is 18.2 Å². The number of hydrogen-bond acceptors (Lipinski definition) is 8. The maximum atomic E-state index is 12.7. The molecular formula is C27H21ClN4O7. The summed E-state index contributed by atoms with van der Waals surface area (Å²) in [5, 5.41) is 35.4. The minimum atomic E-state index is -0.787. The number of nitro groups is 2.